The van der Waals surface area contributed by atoms with E-state index in [1.807, 2.05) is 0 Å². The van der Waals surface area contributed by atoms with E-state index in [0.717, 1.165) is 18.4 Å². The van der Waals surface area contributed by atoms with Crippen molar-refractivity contribution in [1.82, 2.24) is 0 Å². The largest absolute Gasteiger partial charge is 0.388 e. The first-order chi connectivity index (χ1) is 8.04. The van der Waals surface area contributed by atoms with Gasteiger partial charge in [-0.25, -0.2) is 0 Å². The predicted octanol–water partition coefficient (Wildman–Crippen LogP) is 4.11. The first-order valence-corrected chi connectivity index (χ1v) is 6.81. The molecule has 0 aliphatic heterocycles. The molecule has 2 unspecified atom stereocenters. The molecular weight excluding hydrogens is 208 g/mol. The molecule has 0 radical (unpaired) electrons. The van der Waals surface area contributed by atoms with Crippen LogP contribution in [0.5, 0.6) is 0 Å². The number of aliphatic hydroxyl groups excluding tert-OH is 1. The van der Waals surface area contributed by atoms with Crippen molar-refractivity contribution >= 4 is 0 Å². The summed E-state index contributed by atoms with van der Waals surface area (Å²) in [5.74, 6) is 0.448. The monoisotopic (exact) mass is 232 g/mol. The second kappa shape index (κ2) is 4.81. The number of hydrogen-bond donors (Lipinski definition) is 1. The highest BCUT2D eigenvalue weighted by Crippen LogP contribution is 2.57. The van der Waals surface area contributed by atoms with Crippen LogP contribution in [0.2, 0.25) is 0 Å². The third kappa shape index (κ3) is 2.90. The normalized spacial score (nSPS) is 23.4. The maximum Gasteiger partial charge on any atom is 0.0823 e. The lowest BCUT2D eigenvalue weighted by Crippen LogP contribution is -2.04. The van der Waals surface area contributed by atoms with Gasteiger partial charge in [0.25, 0.3) is 0 Å². The molecule has 1 N–H and O–H groups in total. The van der Waals surface area contributed by atoms with Crippen LogP contribution in [0.1, 0.15) is 57.3 Å². The van der Waals surface area contributed by atoms with Crippen molar-refractivity contribution in [3.05, 3.63) is 35.4 Å². The lowest BCUT2D eigenvalue weighted by Gasteiger charge is -2.13. The molecule has 1 heteroatoms. The predicted molar refractivity (Wildman–Crippen MR) is 71.9 cm³/mol. The highest BCUT2D eigenvalue weighted by atomic mass is 16.3. The summed E-state index contributed by atoms with van der Waals surface area (Å²) < 4.78 is 0. The van der Waals surface area contributed by atoms with E-state index < -0.39 is 0 Å². The van der Waals surface area contributed by atoms with Crippen molar-refractivity contribution in [3.63, 3.8) is 0 Å². The van der Waals surface area contributed by atoms with E-state index in [1.54, 1.807) is 0 Å². The van der Waals surface area contributed by atoms with Crippen molar-refractivity contribution in [2.75, 3.05) is 0 Å². The average Bonchev–Trinajstić information content (AvgIpc) is 2.95. The van der Waals surface area contributed by atoms with Crippen LogP contribution in [0.4, 0.5) is 0 Å². The minimum Gasteiger partial charge on any atom is -0.388 e. The number of aryl methyl sites for hydroxylation is 1. The molecule has 0 aromatic heterocycles. The molecule has 0 spiro atoms. The summed E-state index contributed by atoms with van der Waals surface area (Å²) in [5.41, 5.74) is 2.80. The Morgan fingerprint density at radius 3 is 2.35 bits per heavy atom. The highest BCUT2D eigenvalue weighted by molar-refractivity contribution is 5.26. The number of hydrogen-bond acceptors (Lipinski definition) is 1. The number of unbranched alkanes of at least 4 members (excludes halogenated alkanes) is 1. The molecule has 1 aliphatic carbocycles. The Bertz CT molecular complexity index is 364. The molecule has 0 amide bonds. The zero-order valence-corrected chi connectivity index (χ0v) is 11.2. The van der Waals surface area contributed by atoms with Crippen LogP contribution in [0, 0.1) is 11.3 Å². The minimum absolute atomic E-state index is 0.273. The molecule has 0 bridgehead atoms. The van der Waals surface area contributed by atoms with Gasteiger partial charge in [-0.05, 0) is 41.7 Å². The SMILES string of the molecule is CCCCc1ccc(C(O)C2CC2(C)C)cc1. The van der Waals surface area contributed by atoms with Crippen LogP contribution in [0.3, 0.4) is 0 Å². The van der Waals surface area contributed by atoms with Gasteiger partial charge in [0.15, 0.2) is 0 Å². The van der Waals surface area contributed by atoms with E-state index >= 15 is 0 Å². The summed E-state index contributed by atoms with van der Waals surface area (Å²) in [4.78, 5) is 0. The van der Waals surface area contributed by atoms with Gasteiger partial charge in [0.1, 0.15) is 0 Å². The van der Waals surface area contributed by atoms with Crippen LogP contribution in [-0.4, -0.2) is 5.11 Å². The van der Waals surface area contributed by atoms with Gasteiger partial charge in [-0.3, -0.25) is 0 Å². The smallest absolute Gasteiger partial charge is 0.0823 e. The molecule has 1 nitrogen and oxygen atoms in total. The Kier molecular flexibility index (Phi) is 3.58. The summed E-state index contributed by atoms with van der Waals surface area (Å²) >= 11 is 0. The molecule has 17 heavy (non-hydrogen) atoms. The van der Waals surface area contributed by atoms with Crippen molar-refractivity contribution in [2.45, 2.75) is 52.6 Å². The van der Waals surface area contributed by atoms with Crippen molar-refractivity contribution < 1.29 is 5.11 Å². The van der Waals surface area contributed by atoms with E-state index in [4.69, 9.17) is 0 Å². The molecule has 94 valence electrons. The molecule has 2 rings (SSSR count). The summed E-state index contributed by atoms with van der Waals surface area (Å²) in [6.45, 7) is 6.68. The molecular formula is C16H24O. The lowest BCUT2D eigenvalue weighted by molar-refractivity contribution is 0.138. The zero-order valence-electron chi connectivity index (χ0n) is 11.2. The molecule has 1 saturated carbocycles. The Labute approximate surface area is 105 Å². The summed E-state index contributed by atoms with van der Waals surface area (Å²) in [6, 6.07) is 8.54. The van der Waals surface area contributed by atoms with Crippen molar-refractivity contribution in [2.24, 2.45) is 11.3 Å². The molecule has 0 saturated heterocycles. The fraction of sp³-hybridized carbons (Fsp3) is 0.625. The molecule has 1 aromatic rings. The van der Waals surface area contributed by atoms with E-state index in [-0.39, 0.29) is 6.10 Å². The topological polar surface area (TPSA) is 20.2 Å². The fourth-order valence-electron chi connectivity index (χ4n) is 2.54. The molecule has 2 atom stereocenters. The quantitative estimate of drug-likeness (QED) is 0.810. The third-order valence-electron chi connectivity index (χ3n) is 4.11. The number of benzene rings is 1. The van der Waals surface area contributed by atoms with Crippen LogP contribution in [0.15, 0.2) is 24.3 Å². The average molecular weight is 232 g/mol. The maximum absolute atomic E-state index is 10.3. The van der Waals surface area contributed by atoms with E-state index in [0.29, 0.717) is 11.3 Å². The van der Waals surface area contributed by atoms with Crippen LogP contribution < -0.4 is 0 Å². The highest BCUT2D eigenvalue weighted by Gasteiger charge is 2.50. The van der Waals surface area contributed by atoms with E-state index in [9.17, 15) is 5.11 Å². The first kappa shape index (κ1) is 12.6. The third-order valence-corrected chi connectivity index (χ3v) is 4.11. The van der Waals surface area contributed by atoms with Crippen molar-refractivity contribution in [3.8, 4) is 0 Å². The lowest BCUT2D eigenvalue weighted by atomic mass is 9.98. The second-order valence-electron chi connectivity index (χ2n) is 6.09. The van der Waals surface area contributed by atoms with Gasteiger partial charge >= 0.3 is 0 Å². The van der Waals surface area contributed by atoms with Crippen LogP contribution in [-0.2, 0) is 6.42 Å². The summed E-state index contributed by atoms with van der Waals surface area (Å²) in [5, 5.41) is 10.3. The maximum atomic E-state index is 10.3. The molecule has 1 fully saturated rings. The van der Waals surface area contributed by atoms with E-state index in [1.165, 1.54) is 18.4 Å². The van der Waals surface area contributed by atoms with Gasteiger partial charge in [-0.2, -0.15) is 0 Å². The van der Waals surface area contributed by atoms with Gasteiger partial charge in [0.2, 0.25) is 0 Å². The first-order valence-electron chi connectivity index (χ1n) is 6.81. The van der Waals surface area contributed by atoms with Gasteiger partial charge in [-0.15, -0.1) is 0 Å². The van der Waals surface area contributed by atoms with Crippen LogP contribution >= 0.6 is 0 Å². The summed E-state index contributed by atoms with van der Waals surface area (Å²) in [6.07, 6.45) is 4.51. The van der Waals surface area contributed by atoms with Gasteiger partial charge in [0, 0.05) is 0 Å². The Morgan fingerprint density at radius 2 is 1.88 bits per heavy atom. The molecule has 0 heterocycles. The van der Waals surface area contributed by atoms with Gasteiger partial charge in [-0.1, -0.05) is 51.5 Å². The Morgan fingerprint density at radius 1 is 1.29 bits per heavy atom. The fourth-order valence-corrected chi connectivity index (χ4v) is 2.54. The molecule has 1 aromatic carbocycles. The van der Waals surface area contributed by atoms with Gasteiger partial charge in [0.05, 0.1) is 6.10 Å². The van der Waals surface area contributed by atoms with Gasteiger partial charge < -0.3 is 5.11 Å². The van der Waals surface area contributed by atoms with E-state index in [2.05, 4.69) is 45.0 Å². The Hall–Kier alpha value is -0.820. The minimum atomic E-state index is -0.273. The standard InChI is InChI=1S/C16H24O/c1-4-5-6-12-7-9-13(10-8-12)15(17)14-11-16(14,2)3/h7-10,14-15,17H,4-6,11H2,1-3H3. The second-order valence-corrected chi connectivity index (χ2v) is 6.09. The number of aliphatic hydroxyl groups is 1. The van der Waals surface area contributed by atoms with Crippen LogP contribution in [0.25, 0.3) is 0 Å². The Balaban J connectivity index is 1.98. The summed E-state index contributed by atoms with van der Waals surface area (Å²) in [7, 11) is 0. The number of rotatable bonds is 5. The van der Waals surface area contributed by atoms with Crippen molar-refractivity contribution in [1.29, 1.82) is 0 Å². The molecule has 1 aliphatic rings. The zero-order chi connectivity index (χ0) is 12.5.